The molecule has 0 radical (unpaired) electrons. The van der Waals surface area contributed by atoms with Gasteiger partial charge in [-0.25, -0.2) is 4.98 Å². The lowest BCUT2D eigenvalue weighted by Crippen LogP contribution is -2.11. The zero-order chi connectivity index (χ0) is 12.3. The molecule has 1 aromatic heterocycles. The van der Waals surface area contributed by atoms with Crippen LogP contribution in [-0.4, -0.2) is 22.7 Å². The van der Waals surface area contributed by atoms with E-state index in [1.165, 1.54) is 0 Å². The van der Waals surface area contributed by atoms with E-state index in [2.05, 4.69) is 15.3 Å². The molecule has 0 aliphatic rings. The van der Waals surface area contributed by atoms with Gasteiger partial charge in [0, 0.05) is 13.0 Å². The molecule has 2 aromatic rings. The largest absolute Gasteiger partial charge is 0.389 e. The summed E-state index contributed by atoms with van der Waals surface area (Å²) >= 11 is 0. The number of nitrogens with zero attached hydrogens (tertiary/aromatic N) is 1. The highest BCUT2D eigenvalue weighted by atomic mass is 19.4. The standard InChI is InChI=1S/C11H12F3N3/c12-11(13,14)6-3-7-15-10-16-8-4-1-2-5-9(8)17-10/h1-2,4-5H,3,6-7H2,(H2,15,16,17). The van der Waals surface area contributed by atoms with Gasteiger partial charge in [0.05, 0.1) is 11.0 Å². The second-order valence-electron chi connectivity index (χ2n) is 3.75. The SMILES string of the molecule is FC(F)(F)CCCNc1nc2ccccc2[nH]1. The van der Waals surface area contributed by atoms with Gasteiger partial charge in [-0.05, 0) is 18.6 Å². The lowest BCUT2D eigenvalue weighted by Gasteiger charge is -2.05. The van der Waals surface area contributed by atoms with Gasteiger partial charge in [-0.3, -0.25) is 0 Å². The zero-order valence-corrected chi connectivity index (χ0v) is 9.01. The van der Waals surface area contributed by atoms with Gasteiger partial charge in [0.2, 0.25) is 5.95 Å². The average molecular weight is 243 g/mol. The number of nitrogens with one attached hydrogen (secondary N) is 2. The van der Waals surface area contributed by atoms with Crippen molar-refractivity contribution in [1.82, 2.24) is 9.97 Å². The molecule has 6 heteroatoms. The highest BCUT2D eigenvalue weighted by Crippen LogP contribution is 2.21. The van der Waals surface area contributed by atoms with Crippen molar-refractivity contribution in [1.29, 1.82) is 0 Å². The van der Waals surface area contributed by atoms with Crippen LogP contribution in [0.25, 0.3) is 11.0 Å². The number of hydrogen-bond donors (Lipinski definition) is 2. The predicted molar refractivity (Wildman–Crippen MR) is 59.9 cm³/mol. The molecule has 3 nitrogen and oxygen atoms in total. The Morgan fingerprint density at radius 3 is 2.71 bits per heavy atom. The Kier molecular flexibility index (Phi) is 3.21. The number of rotatable bonds is 4. The van der Waals surface area contributed by atoms with E-state index >= 15 is 0 Å². The van der Waals surface area contributed by atoms with Crippen LogP contribution in [0.4, 0.5) is 19.1 Å². The first-order chi connectivity index (χ1) is 8.04. The molecule has 0 amide bonds. The molecule has 2 N–H and O–H groups in total. The second-order valence-corrected chi connectivity index (χ2v) is 3.75. The number of benzene rings is 1. The molecule has 1 heterocycles. The third-order valence-corrected chi connectivity index (χ3v) is 2.32. The van der Waals surface area contributed by atoms with E-state index in [9.17, 15) is 13.2 Å². The van der Waals surface area contributed by atoms with E-state index in [0.29, 0.717) is 5.95 Å². The lowest BCUT2D eigenvalue weighted by atomic mass is 10.3. The predicted octanol–water partition coefficient (Wildman–Crippen LogP) is 3.32. The number of fused-ring (bicyclic) bond motifs is 1. The molecule has 1 aromatic carbocycles. The van der Waals surface area contributed by atoms with Gasteiger partial charge in [-0.2, -0.15) is 13.2 Å². The highest BCUT2D eigenvalue weighted by Gasteiger charge is 2.25. The molecule has 0 spiro atoms. The molecular formula is C11H12F3N3. The number of aromatic amines is 1. The minimum absolute atomic E-state index is 0.0422. The van der Waals surface area contributed by atoms with Crippen molar-refractivity contribution in [2.75, 3.05) is 11.9 Å². The topological polar surface area (TPSA) is 40.7 Å². The number of para-hydroxylation sites is 2. The third kappa shape index (κ3) is 3.37. The summed E-state index contributed by atoms with van der Waals surface area (Å²) in [6.45, 7) is 0.249. The van der Waals surface area contributed by atoms with Crippen molar-refractivity contribution in [3.63, 3.8) is 0 Å². The molecule has 0 bridgehead atoms. The van der Waals surface area contributed by atoms with Crippen LogP contribution in [-0.2, 0) is 0 Å². The number of halogens is 3. The second kappa shape index (κ2) is 4.65. The van der Waals surface area contributed by atoms with E-state index in [4.69, 9.17) is 0 Å². The molecule has 17 heavy (non-hydrogen) atoms. The van der Waals surface area contributed by atoms with Crippen LogP contribution in [0.3, 0.4) is 0 Å². The minimum Gasteiger partial charge on any atom is -0.356 e. The lowest BCUT2D eigenvalue weighted by molar-refractivity contribution is -0.134. The fraction of sp³-hybridized carbons (Fsp3) is 0.364. The summed E-state index contributed by atoms with van der Waals surface area (Å²) in [5.74, 6) is 0.508. The summed E-state index contributed by atoms with van der Waals surface area (Å²) in [5.41, 5.74) is 1.66. The normalized spacial score (nSPS) is 11.9. The number of hydrogen-bond acceptors (Lipinski definition) is 2. The molecule has 0 fully saturated rings. The van der Waals surface area contributed by atoms with Crippen molar-refractivity contribution >= 4 is 17.0 Å². The monoisotopic (exact) mass is 243 g/mol. The number of alkyl halides is 3. The number of aromatic nitrogens is 2. The van der Waals surface area contributed by atoms with E-state index < -0.39 is 12.6 Å². The first-order valence-corrected chi connectivity index (χ1v) is 5.30. The zero-order valence-electron chi connectivity index (χ0n) is 9.01. The van der Waals surface area contributed by atoms with Crippen LogP contribution in [0, 0.1) is 0 Å². The molecular weight excluding hydrogens is 231 g/mol. The fourth-order valence-corrected chi connectivity index (χ4v) is 1.53. The maximum absolute atomic E-state index is 11.9. The Bertz CT molecular complexity index is 457. The van der Waals surface area contributed by atoms with Gasteiger partial charge in [0.25, 0.3) is 0 Å². The van der Waals surface area contributed by atoms with Gasteiger partial charge in [0.15, 0.2) is 0 Å². The Hall–Kier alpha value is -1.72. The van der Waals surface area contributed by atoms with Gasteiger partial charge >= 0.3 is 6.18 Å². The molecule has 0 atom stereocenters. The Morgan fingerprint density at radius 2 is 2.00 bits per heavy atom. The maximum atomic E-state index is 11.9. The summed E-state index contributed by atoms with van der Waals surface area (Å²) in [6, 6.07) is 7.43. The van der Waals surface area contributed by atoms with Crippen LogP contribution < -0.4 is 5.32 Å². The molecule has 0 saturated carbocycles. The van der Waals surface area contributed by atoms with Crippen molar-refractivity contribution in [2.45, 2.75) is 19.0 Å². The van der Waals surface area contributed by atoms with Crippen molar-refractivity contribution < 1.29 is 13.2 Å². The molecule has 0 aliphatic heterocycles. The van der Waals surface area contributed by atoms with Crippen LogP contribution in [0.2, 0.25) is 0 Å². The first kappa shape index (κ1) is 11.8. The van der Waals surface area contributed by atoms with Gasteiger partial charge in [0.1, 0.15) is 0 Å². The Morgan fingerprint density at radius 1 is 1.24 bits per heavy atom. The van der Waals surface area contributed by atoms with E-state index in [0.717, 1.165) is 11.0 Å². The van der Waals surface area contributed by atoms with Crippen LogP contribution in [0.15, 0.2) is 24.3 Å². The average Bonchev–Trinajstić information content (AvgIpc) is 2.65. The number of anilines is 1. The van der Waals surface area contributed by atoms with Crippen molar-refractivity contribution in [3.05, 3.63) is 24.3 Å². The van der Waals surface area contributed by atoms with Gasteiger partial charge < -0.3 is 10.3 Å². The molecule has 0 saturated heterocycles. The van der Waals surface area contributed by atoms with Crippen LogP contribution in [0.1, 0.15) is 12.8 Å². The Balaban J connectivity index is 1.87. The first-order valence-electron chi connectivity index (χ1n) is 5.30. The maximum Gasteiger partial charge on any atom is 0.389 e. The van der Waals surface area contributed by atoms with Gasteiger partial charge in [-0.15, -0.1) is 0 Å². The quantitative estimate of drug-likeness (QED) is 0.809. The van der Waals surface area contributed by atoms with Crippen molar-refractivity contribution in [2.24, 2.45) is 0 Å². The fourth-order valence-electron chi connectivity index (χ4n) is 1.53. The summed E-state index contributed by atoms with van der Waals surface area (Å²) < 4.78 is 35.7. The molecule has 92 valence electrons. The van der Waals surface area contributed by atoms with Gasteiger partial charge in [-0.1, -0.05) is 12.1 Å². The number of imidazole rings is 1. The van der Waals surface area contributed by atoms with E-state index in [1.54, 1.807) is 0 Å². The Labute approximate surface area is 96.0 Å². The highest BCUT2D eigenvalue weighted by molar-refractivity contribution is 5.77. The molecule has 0 unspecified atom stereocenters. The van der Waals surface area contributed by atoms with Crippen LogP contribution in [0.5, 0.6) is 0 Å². The third-order valence-electron chi connectivity index (χ3n) is 2.32. The minimum atomic E-state index is -4.09. The van der Waals surface area contributed by atoms with Crippen molar-refractivity contribution in [3.8, 4) is 0 Å². The van der Waals surface area contributed by atoms with E-state index in [1.807, 2.05) is 24.3 Å². The molecule has 0 aliphatic carbocycles. The summed E-state index contributed by atoms with van der Waals surface area (Å²) in [5, 5.41) is 2.84. The smallest absolute Gasteiger partial charge is 0.356 e. The van der Waals surface area contributed by atoms with Crippen LogP contribution >= 0.6 is 0 Å². The number of H-pyrrole nitrogens is 1. The summed E-state index contributed by atoms with van der Waals surface area (Å²) in [6.07, 6.45) is -4.82. The summed E-state index contributed by atoms with van der Waals surface area (Å²) in [7, 11) is 0. The molecule has 2 rings (SSSR count). The summed E-state index contributed by atoms with van der Waals surface area (Å²) in [4.78, 5) is 7.19. The van der Waals surface area contributed by atoms with E-state index in [-0.39, 0.29) is 13.0 Å².